The van der Waals surface area contributed by atoms with Gasteiger partial charge in [-0.1, -0.05) is 5.92 Å². The molecule has 1 heterocycles. The molecule has 0 N–H and O–H groups in total. The van der Waals surface area contributed by atoms with Crippen LogP contribution in [0.15, 0.2) is 18.3 Å². The van der Waals surface area contributed by atoms with Crippen LogP contribution in [0.3, 0.4) is 0 Å². The van der Waals surface area contributed by atoms with E-state index in [9.17, 15) is 0 Å². The summed E-state index contributed by atoms with van der Waals surface area (Å²) < 4.78 is 0. The van der Waals surface area contributed by atoms with Crippen LogP contribution in [-0.4, -0.2) is 4.98 Å². The maximum atomic E-state index is 5.30. The van der Waals surface area contributed by atoms with Crippen LogP contribution in [0.25, 0.3) is 0 Å². The van der Waals surface area contributed by atoms with Gasteiger partial charge in [-0.05, 0) is 12.1 Å². The normalized spacial score (nSPS) is 8.44. The number of hydrogen-bond acceptors (Lipinski definition) is 1. The fourth-order valence-corrected chi connectivity index (χ4v) is 0.491. The molecule has 0 amide bonds. The molecule has 1 aromatic rings. The Hall–Kier alpha value is -1.29. The molecule has 0 aromatic carbocycles. The van der Waals surface area contributed by atoms with E-state index in [1.807, 2.05) is 0 Å². The molecule has 42 valence electrons. The lowest BCUT2D eigenvalue weighted by Gasteiger charge is -1.88. The molecule has 0 atom stereocenters. The lowest BCUT2D eigenvalue weighted by Crippen LogP contribution is -1.79. The lowest BCUT2D eigenvalue weighted by atomic mass is 10.3. The van der Waals surface area contributed by atoms with Crippen LogP contribution in [0.4, 0.5) is 0 Å². The molecule has 2 radical (unpaired) electrons. The Morgan fingerprint density at radius 2 is 2.22 bits per heavy atom. The SMILES string of the molecule is [CH]c1ccc(C#C)cn1. The predicted octanol–water partition coefficient (Wildman–Crippen LogP) is 1.12. The third-order valence-electron chi connectivity index (χ3n) is 0.953. The molecule has 1 heteroatoms. The van der Waals surface area contributed by atoms with Crippen molar-refractivity contribution >= 4 is 0 Å². The van der Waals surface area contributed by atoms with Gasteiger partial charge in [-0.25, -0.2) is 0 Å². The Morgan fingerprint density at radius 1 is 1.44 bits per heavy atom. The molecule has 0 unspecified atom stereocenters. The van der Waals surface area contributed by atoms with Gasteiger partial charge in [0.2, 0.25) is 0 Å². The molecule has 0 spiro atoms. The second-order valence-corrected chi connectivity index (χ2v) is 1.62. The molecule has 0 aliphatic carbocycles. The molecule has 0 fully saturated rings. The van der Waals surface area contributed by atoms with Crippen LogP contribution in [0.1, 0.15) is 11.3 Å². The Balaban J connectivity index is 3.06. The van der Waals surface area contributed by atoms with Crippen LogP contribution < -0.4 is 0 Å². The summed E-state index contributed by atoms with van der Waals surface area (Å²) in [5.41, 5.74) is 1.25. The molecule has 0 saturated carbocycles. The quantitative estimate of drug-likeness (QED) is 0.462. The van der Waals surface area contributed by atoms with Crippen molar-refractivity contribution in [3.8, 4) is 12.3 Å². The van der Waals surface area contributed by atoms with Crippen molar-refractivity contribution in [3.05, 3.63) is 36.5 Å². The first kappa shape index (κ1) is 5.84. The van der Waals surface area contributed by atoms with Gasteiger partial charge < -0.3 is 0 Å². The molecule has 1 rings (SSSR count). The molecule has 0 bridgehead atoms. The van der Waals surface area contributed by atoms with E-state index >= 15 is 0 Å². The monoisotopic (exact) mass is 115 g/mol. The number of nitrogens with zero attached hydrogens (tertiary/aromatic N) is 1. The van der Waals surface area contributed by atoms with Crippen molar-refractivity contribution in [3.63, 3.8) is 0 Å². The highest BCUT2D eigenvalue weighted by molar-refractivity contribution is 5.30. The molecule has 1 nitrogen and oxygen atoms in total. The van der Waals surface area contributed by atoms with Gasteiger partial charge in [0.05, 0.1) is 0 Å². The average molecular weight is 115 g/mol. The van der Waals surface area contributed by atoms with Crippen molar-refractivity contribution in [1.82, 2.24) is 4.98 Å². The molecular formula is C8H5N. The van der Waals surface area contributed by atoms with Gasteiger partial charge in [0.1, 0.15) is 0 Å². The van der Waals surface area contributed by atoms with E-state index in [1.54, 1.807) is 18.3 Å². The van der Waals surface area contributed by atoms with Gasteiger partial charge in [-0.15, -0.1) is 6.42 Å². The largest absolute Gasteiger partial charge is 0.260 e. The van der Waals surface area contributed by atoms with E-state index in [-0.39, 0.29) is 0 Å². The van der Waals surface area contributed by atoms with Gasteiger partial charge in [-0.3, -0.25) is 4.98 Å². The summed E-state index contributed by atoms with van der Waals surface area (Å²) >= 11 is 0. The summed E-state index contributed by atoms with van der Waals surface area (Å²) in [6.07, 6.45) is 6.63. The zero-order valence-electron chi connectivity index (χ0n) is 4.83. The standard InChI is InChI=1S/C8H5N/c1-3-8-5-4-7(2)9-6-8/h1-2,4-6H. The van der Waals surface area contributed by atoms with Crippen molar-refractivity contribution < 1.29 is 0 Å². The van der Waals surface area contributed by atoms with E-state index < -0.39 is 0 Å². The van der Waals surface area contributed by atoms with Crippen LogP contribution in [0.2, 0.25) is 0 Å². The predicted molar refractivity (Wildman–Crippen MR) is 35.6 cm³/mol. The van der Waals surface area contributed by atoms with E-state index in [0.717, 1.165) is 5.56 Å². The van der Waals surface area contributed by atoms with E-state index in [1.165, 1.54) is 0 Å². The van der Waals surface area contributed by atoms with Crippen LogP contribution in [-0.2, 0) is 0 Å². The lowest BCUT2D eigenvalue weighted by molar-refractivity contribution is 1.26. The summed E-state index contributed by atoms with van der Waals surface area (Å²) in [4.78, 5) is 3.79. The Bertz CT molecular complexity index is 228. The first-order valence-corrected chi connectivity index (χ1v) is 2.51. The first-order valence-electron chi connectivity index (χ1n) is 2.51. The highest BCUT2D eigenvalue weighted by Crippen LogP contribution is 1.95. The maximum Gasteiger partial charge on any atom is 0.0449 e. The van der Waals surface area contributed by atoms with Crippen molar-refractivity contribution in [1.29, 1.82) is 0 Å². The van der Waals surface area contributed by atoms with Gasteiger partial charge >= 0.3 is 0 Å². The third kappa shape index (κ3) is 1.30. The highest BCUT2D eigenvalue weighted by atomic mass is 14.6. The first-order chi connectivity index (χ1) is 4.33. The summed E-state index contributed by atoms with van der Waals surface area (Å²) in [5, 5.41) is 0. The maximum absolute atomic E-state index is 5.30. The van der Waals surface area contributed by atoms with Crippen LogP contribution in [0.5, 0.6) is 0 Å². The number of rotatable bonds is 0. The number of pyridine rings is 1. The Labute approximate surface area is 54.7 Å². The minimum Gasteiger partial charge on any atom is -0.260 e. The average Bonchev–Trinajstić information content (AvgIpc) is 1.90. The molecule has 0 aliphatic rings. The van der Waals surface area contributed by atoms with Gasteiger partial charge in [0.25, 0.3) is 0 Å². The third-order valence-corrected chi connectivity index (χ3v) is 0.953. The number of aromatic nitrogens is 1. The Morgan fingerprint density at radius 3 is 2.67 bits per heavy atom. The minimum absolute atomic E-state index is 0.494. The van der Waals surface area contributed by atoms with Gasteiger partial charge in [0, 0.05) is 24.4 Å². The van der Waals surface area contributed by atoms with Crippen LogP contribution in [0, 0.1) is 19.3 Å². The van der Waals surface area contributed by atoms with E-state index in [2.05, 4.69) is 10.9 Å². The second kappa shape index (κ2) is 2.32. The Kier molecular flexibility index (Phi) is 1.51. The zero-order valence-corrected chi connectivity index (χ0v) is 4.83. The van der Waals surface area contributed by atoms with Crippen molar-refractivity contribution in [2.75, 3.05) is 0 Å². The number of terminal acetylenes is 1. The van der Waals surface area contributed by atoms with Crippen molar-refractivity contribution in [2.45, 2.75) is 0 Å². The second-order valence-electron chi connectivity index (χ2n) is 1.62. The molecular weight excluding hydrogens is 110 g/mol. The molecule has 1 aromatic heterocycles. The van der Waals surface area contributed by atoms with Crippen LogP contribution >= 0.6 is 0 Å². The summed E-state index contributed by atoms with van der Waals surface area (Å²) in [7, 11) is 0. The zero-order chi connectivity index (χ0) is 6.69. The fraction of sp³-hybridized carbons (Fsp3) is 0. The summed E-state index contributed by atoms with van der Waals surface area (Å²) in [6, 6.07) is 3.43. The minimum atomic E-state index is 0.494. The fourth-order valence-electron chi connectivity index (χ4n) is 0.491. The van der Waals surface area contributed by atoms with Crippen molar-refractivity contribution in [2.24, 2.45) is 0 Å². The van der Waals surface area contributed by atoms with E-state index in [0.29, 0.717) is 5.69 Å². The molecule has 0 saturated heterocycles. The smallest absolute Gasteiger partial charge is 0.0449 e. The summed E-state index contributed by atoms with van der Waals surface area (Å²) in [6.45, 7) is 5.30. The van der Waals surface area contributed by atoms with Gasteiger partial charge in [0.15, 0.2) is 0 Å². The summed E-state index contributed by atoms with van der Waals surface area (Å²) in [5.74, 6) is 2.44. The van der Waals surface area contributed by atoms with E-state index in [4.69, 9.17) is 13.3 Å². The molecule has 0 aliphatic heterocycles. The highest BCUT2D eigenvalue weighted by Gasteiger charge is 1.84. The number of hydrogen-bond donors (Lipinski definition) is 0. The molecule has 9 heavy (non-hydrogen) atoms. The van der Waals surface area contributed by atoms with Gasteiger partial charge in [-0.2, -0.15) is 0 Å². The topological polar surface area (TPSA) is 12.9 Å².